The summed E-state index contributed by atoms with van der Waals surface area (Å²) in [5.41, 5.74) is -0.476. The van der Waals surface area contributed by atoms with Gasteiger partial charge in [-0.15, -0.1) is 0 Å². The van der Waals surface area contributed by atoms with Crippen LogP contribution in [-0.2, 0) is 9.53 Å². The molecule has 0 aromatic rings. The highest BCUT2D eigenvalue weighted by atomic mass is 32.2. The van der Waals surface area contributed by atoms with Crippen molar-refractivity contribution in [1.82, 2.24) is 10.2 Å². The zero-order chi connectivity index (χ0) is 16.6. The highest BCUT2D eigenvalue weighted by molar-refractivity contribution is 7.99. The molecule has 1 fully saturated rings. The minimum absolute atomic E-state index is 0.189. The van der Waals surface area contributed by atoms with E-state index < -0.39 is 11.7 Å². The second-order valence-corrected chi connectivity index (χ2v) is 7.88. The van der Waals surface area contributed by atoms with Gasteiger partial charge in [0.15, 0.2) is 0 Å². The fourth-order valence-electron chi connectivity index (χ4n) is 2.47. The van der Waals surface area contributed by atoms with Crippen LogP contribution in [0.1, 0.15) is 52.9 Å². The number of nitrogens with one attached hydrogen (secondary N) is 1. The Bertz CT molecular complexity index is 363. The molecule has 6 heteroatoms. The van der Waals surface area contributed by atoms with Crippen LogP contribution in [-0.4, -0.2) is 53.6 Å². The normalized spacial score (nSPS) is 16.2. The summed E-state index contributed by atoms with van der Waals surface area (Å²) in [5.74, 6) is 1.38. The van der Waals surface area contributed by atoms with Crippen molar-refractivity contribution in [3.8, 4) is 0 Å². The number of alkyl carbamates (subject to hydrolysis) is 1. The van der Waals surface area contributed by atoms with Gasteiger partial charge < -0.3 is 15.0 Å². The Morgan fingerprint density at radius 2 is 1.86 bits per heavy atom. The third kappa shape index (κ3) is 7.92. The van der Waals surface area contributed by atoms with Gasteiger partial charge in [-0.05, 0) is 33.6 Å². The Labute approximate surface area is 138 Å². The number of hydrogen-bond donors (Lipinski definition) is 1. The van der Waals surface area contributed by atoms with Crippen molar-refractivity contribution in [2.75, 3.05) is 25.1 Å². The van der Waals surface area contributed by atoms with Crippen molar-refractivity contribution < 1.29 is 14.3 Å². The first-order valence-corrected chi connectivity index (χ1v) is 9.25. The van der Waals surface area contributed by atoms with E-state index in [4.69, 9.17) is 4.74 Å². The highest BCUT2D eigenvalue weighted by Crippen LogP contribution is 2.22. The lowest BCUT2D eigenvalue weighted by Crippen LogP contribution is -2.39. The summed E-state index contributed by atoms with van der Waals surface area (Å²) >= 11 is 1.55. The van der Waals surface area contributed by atoms with Crippen molar-refractivity contribution in [3.63, 3.8) is 0 Å². The van der Waals surface area contributed by atoms with E-state index >= 15 is 0 Å². The van der Waals surface area contributed by atoms with Crippen molar-refractivity contribution in [1.29, 1.82) is 0 Å². The van der Waals surface area contributed by atoms with Crippen molar-refractivity contribution >= 4 is 23.8 Å². The molecule has 0 aliphatic heterocycles. The molecule has 0 spiro atoms. The van der Waals surface area contributed by atoms with Gasteiger partial charge in [-0.1, -0.05) is 19.3 Å². The Hall–Kier alpha value is -0.910. The molecule has 0 atom stereocenters. The van der Waals surface area contributed by atoms with Gasteiger partial charge in [0.25, 0.3) is 0 Å². The molecule has 22 heavy (non-hydrogen) atoms. The fraction of sp³-hybridized carbons (Fsp3) is 0.875. The third-order valence-electron chi connectivity index (χ3n) is 3.66. The van der Waals surface area contributed by atoms with Gasteiger partial charge in [-0.2, -0.15) is 11.8 Å². The third-order valence-corrected chi connectivity index (χ3v) is 4.60. The monoisotopic (exact) mass is 330 g/mol. The first kappa shape index (κ1) is 19.1. The van der Waals surface area contributed by atoms with Crippen LogP contribution in [0.2, 0.25) is 0 Å². The molecule has 0 saturated heterocycles. The van der Waals surface area contributed by atoms with Crippen LogP contribution in [0.3, 0.4) is 0 Å². The number of rotatable bonds is 6. The van der Waals surface area contributed by atoms with Gasteiger partial charge in [-0.25, -0.2) is 4.79 Å². The van der Waals surface area contributed by atoms with Crippen LogP contribution in [0.4, 0.5) is 4.79 Å². The van der Waals surface area contributed by atoms with Crippen LogP contribution >= 0.6 is 11.8 Å². The minimum Gasteiger partial charge on any atom is -0.444 e. The molecule has 5 nitrogen and oxygen atoms in total. The summed E-state index contributed by atoms with van der Waals surface area (Å²) in [4.78, 5) is 25.5. The van der Waals surface area contributed by atoms with Crippen molar-refractivity contribution in [3.05, 3.63) is 0 Å². The molecule has 1 aliphatic carbocycles. The molecule has 0 bridgehead atoms. The van der Waals surface area contributed by atoms with Gasteiger partial charge in [0, 0.05) is 25.4 Å². The van der Waals surface area contributed by atoms with Crippen molar-refractivity contribution in [2.24, 2.45) is 0 Å². The maximum Gasteiger partial charge on any atom is 0.407 e. The predicted octanol–water partition coefficient (Wildman–Crippen LogP) is 3.04. The number of carbonyl (C=O) groups excluding carboxylic acids is 2. The van der Waals surface area contributed by atoms with Gasteiger partial charge in [-0.3, -0.25) is 4.79 Å². The first-order valence-electron chi connectivity index (χ1n) is 8.10. The van der Waals surface area contributed by atoms with E-state index in [2.05, 4.69) is 5.32 Å². The maximum atomic E-state index is 12.1. The number of nitrogens with zero attached hydrogens (tertiary/aromatic N) is 1. The van der Waals surface area contributed by atoms with Crippen LogP contribution < -0.4 is 5.32 Å². The largest absolute Gasteiger partial charge is 0.444 e. The Morgan fingerprint density at radius 3 is 2.45 bits per heavy atom. The lowest BCUT2D eigenvalue weighted by Gasteiger charge is -2.31. The molecule has 0 unspecified atom stereocenters. The fourth-order valence-corrected chi connectivity index (χ4v) is 3.24. The van der Waals surface area contributed by atoms with Gasteiger partial charge in [0.05, 0.1) is 5.75 Å². The average molecular weight is 330 g/mol. The lowest BCUT2D eigenvalue weighted by molar-refractivity contribution is -0.129. The highest BCUT2D eigenvalue weighted by Gasteiger charge is 2.21. The quantitative estimate of drug-likeness (QED) is 0.761. The number of hydrogen-bond acceptors (Lipinski definition) is 4. The molecule has 1 N–H and O–H groups in total. The molecule has 0 radical (unpaired) electrons. The molecular formula is C16H30N2O3S. The second-order valence-electron chi connectivity index (χ2n) is 6.78. The van der Waals surface area contributed by atoms with Crippen LogP contribution in [0.25, 0.3) is 0 Å². The van der Waals surface area contributed by atoms with E-state index in [-0.39, 0.29) is 5.91 Å². The molecule has 1 saturated carbocycles. The molecule has 0 heterocycles. The topological polar surface area (TPSA) is 58.6 Å². The molecule has 0 aromatic heterocycles. The summed E-state index contributed by atoms with van der Waals surface area (Å²) in [6, 6.07) is 0.418. The van der Waals surface area contributed by atoms with E-state index in [0.29, 0.717) is 24.1 Å². The zero-order valence-corrected chi connectivity index (χ0v) is 15.1. The second kappa shape index (κ2) is 9.28. The molecule has 0 aromatic carbocycles. The predicted molar refractivity (Wildman–Crippen MR) is 91.2 cm³/mol. The molecular weight excluding hydrogens is 300 g/mol. The van der Waals surface area contributed by atoms with E-state index in [9.17, 15) is 9.59 Å². The van der Waals surface area contributed by atoms with Gasteiger partial charge in [0.1, 0.15) is 5.60 Å². The van der Waals surface area contributed by atoms with E-state index in [1.165, 1.54) is 19.3 Å². The molecule has 128 valence electrons. The summed E-state index contributed by atoms with van der Waals surface area (Å²) in [7, 11) is 1.91. The maximum absolute atomic E-state index is 12.1. The smallest absolute Gasteiger partial charge is 0.407 e. The summed E-state index contributed by atoms with van der Waals surface area (Å²) in [6.45, 7) is 6.02. The van der Waals surface area contributed by atoms with E-state index in [1.54, 1.807) is 11.8 Å². The van der Waals surface area contributed by atoms with Gasteiger partial charge >= 0.3 is 6.09 Å². The summed E-state index contributed by atoms with van der Waals surface area (Å²) in [5, 5.41) is 2.70. The van der Waals surface area contributed by atoms with Crippen LogP contribution in [0, 0.1) is 0 Å². The zero-order valence-electron chi connectivity index (χ0n) is 14.3. The summed E-state index contributed by atoms with van der Waals surface area (Å²) < 4.78 is 5.15. The molecule has 1 rings (SSSR count). The van der Waals surface area contributed by atoms with Crippen LogP contribution in [0.15, 0.2) is 0 Å². The first-order chi connectivity index (χ1) is 10.3. The lowest BCUT2D eigenvalue weighted by atomic mass is 9.94. The molecule has 2 amide bonds. The molecule has 1 aliphatic rings. The Kier molecular flexibility index (Phi) is 8.07. The standard InChI is InChI=1S/C16H30N2O3S/c1-16(2,3)21-15(20)17-10-11-22-12-14(19)18(4)13-8-6-5-7-9-13/h13H,5-12H2,1-4H3,(H,17,20). The number of thioether (sulfide) groups is 1. The number of ether oxygens (including phenoxy) is 1. The van der Waals surface area contributed by atoms with Crippen LogP contribution in [0.5, 0.6) is 0 Å². The van der Waals surface area contributed by atoms with E-state index in [0.717, 1.165) is 12.8 Å². The summed E-state index contributed by atoms with van der Waals surface area (Å²) in [6.07, 6.45) is 5.62. The Morgan fingerprint density at radius 1 is 1.23 bits per heavy atom. The number of amides is 2. The minimum atomic E-state index is -0.476. The van der Waals surface area contributed by atoms with Crippen molar-refractivity contribution in [2.45, 2.75) is 64.5 Å². The van der Waals surface area contributed by atoms with E-state index in [1.807, 2.05) is 32.7 Å². The average Bonchev–Trinajstić information content (AvgIpc) is 2.45. The van der Waals surface area contributed by atoms with Gasteiger partial charge in [0.2, 0.25) is 5.91 Å². The SMILES string of the molecule is CN(C(=O)CSCCNC(=O)OC(C)(C)C)C1CCCCC1. The Balaban J connectivity index is 2.10. The number of carbonyl (C=O) groups is 2.